The van der Waals surface area contributed by atoms with Crippen LogP contribution in [-0.4, -0.2) is 0 Å². The van der Waals surface area contributed by atoms with E-state index in [-0.39, 0.29) is 0 Å². The average Bonchev–Trinajstić information content (AvgIpc) is 2.33. The van der Waals surface area contributed by atoms with E-state index in [4.69, 9.17) is 11.6 Å². The van der Waals surface area contributed by atoms with Gasteiger partial charge in [0.1, 0.15) is 0 Å². The second-order valence-corrected chi connectivity index (χ2v) is 5.70. The van der Waals surface area contributed by atoms with Gasteiger partial charge in [0.05, 0.1) is 0 Å². The highest BCUT2D eigenvalue weighted by atomic mass is 79.9. The molecule has 0 fully saturated rings. The number of hydrogen-bond acceptors (Lipinski definition) is 0. The molecule has 0 N–H and O–H groups in total. The number of halogens is 2. The highest BCUT2D eigenvalue weighted by Gasteiger charge is 2.11. The van der Waals surface area contributed by atoms with E-state index in [1.807, 2.05) is 18.2 Å². The molecule has 2 aromatic carbocycles. The minimum Gasteiger partial charge on any atom is -0.0843 e. The van der Waals surface area contributed by atoms with Crippen molar-refractivity contribution in [3.8, 4) is 0 Å². The Morgan fingerprint density at radius 1 is 1.12 bits per heavy atom. The number of benzene rings is 2. The molecule has 1 atom stereocenters. The summed E-state index contributed by atoms with van der Waals surface area (Å²) in [5, 5.41) is 0.795. The topological polar surface area (TPSA) is 0 Å². The van der Waals surface area contributed by atoms with Gasteiger partial charge in [-0.1, -0.05) is 63.9 Å². The molecule has 2 heteroatoms. The molecule has 0 aromatic heterocycles. The van der Waals surface area contributed by atoms with Gasteiger partial charge in [0.15, 0.2) is 0 Å². The van der Waals surface area contributed by atoms with Crippen molar-refractivity contribution in [3.63, 3.8) is 0 Å². The molecule has 0 saturated heterocycles. The van der Waals surface area contributed by atoms with E-state index in [1.54, 1.807) is 0 Å². The molecule has 0 bridgehead atoms. The standard InChI is InChI=1S/C15H14BrCl/c1-11-7-8-13(17)10-14(11)15(16)9-12-5-3-2-4-6-12/h2-8,10,15H,9H2,1H3. The van der Waals surface area contributed by atoms with Crippen molar-refractivity contribution >= 4 is 27.5 Å². The van der Waals surface area contributed by atoms with Gasteiger partial charge < -0.3 is 0 Å². The number of hydrogen-bond donors (Lipinski definition) is 0. The fraction of sp³-hybridized carbons (Fsp3) is 0.200. The molecule has 0 aliphatic heterocycles. The van der Waals surface area contributed by atoms with Crippen LogP contribution in [0.25, 0.3) is 0 Å². The quantitative estimate of drug-likeness (QED) is 0.672. The SMILES string of the molecule is Cc1ccc(Cl)cc1C(Br)Cc1ccccc1. The van der Waals surface area contributed by atoms with E-state index in [9.17, 15) is 0 Å². The maximum atomic E-state index is 6.04. The Bertz CT molecular complexity index is 494. The molecule has 0 heterocycles. The molecular weight excluding hydrogens is 296 g/mol. The molecule has 0 radical (unpaired) electrons. The summed E-state index contributed by atoms with van der Waals surface area (Å²) >= 11 is 9.79. The highest BCUT2D eigenvalue weighted by molar-refractivity contribution is 9.09. The van der Waals surface area contributed by atoms with E-state index in [2.05, 4.69) is 53.2 Å². The van der Waals surface area contributed by atoms with Crippen molar-refractivity contribution in [1.82, 2.24) is 0 Å². The lowest BCUT2D eigenvalue weighted by Crippen LogP contribution is -1.97. The van der Waals surface area contributed by atoms with Gasteiger partial charge >= 0.3 is 0 Å². The first-order valence-corrected chi connectivity index (χ1v) is 6.90. The van der Waals surface area contributed by atoms with Crippen LogP contribution in [0.1, 0.15) is 21.5 Å². The van der Waals surface area contributed by atoms with Crippen molar-refractivity contribution in [2.45, 2.75) is 18.2 Å². The third kappa shape index (κ3) is 3.34. The summed E-state index contributed by atoms with van der Waals surface area (Å²) in [6.45, 7) is 2.12. The summed E-state index contributed by atoms with van der Waals surface area (Å²) in [4.78, 5) is 0.309. The monoisotopic (exact) mass is 308 g/mol. The van der Waals surface area contributed by atoms with E-state index < -0.39 is 0 Å². The first-order chi connectivity index (χ1) is 8.16. The van der Waals surface area contributed by atoms with Gasteiger partial charge in [-0.3, -0.25) is 0 Å². The summed E-state index contributed by atoms with van der Waals surface area (Å²) in [5.41, 5.74) is 3.86. The zero-order valence-electron chi connectivity index (χ0n) is 9.66. The Morgan fingerprint density at radius 2 is 1.82 bits per heavy atom. The van der Waals surface area contributed by atoms with Crippen LogP contribution >= 0.6 is 27.5 Å². The largest absolute Gasteiger partial charge is 0.0843 e. The summed E-state index contributed by atoms with van der Waals surface area (Å²) < 4.78 is 0. The molecule has 1 unspecified atom stereocenters. The smallest absolute Gasteiger partial charge is 0.0438 e. The minimum atomic E-state index is 0.309. The van der Waals surface area contributed by atoms with Crippen molar-refractivity contribution in [1.29, 1.82) is 0 Å². The Hall–Kier alpha value is -0.790. The van der Waals surface area contributed by atoms with Crippen LogP contribution in [0.5, 0.6) is 0 Å². The fourth-order valence-corrected chi connectivity index (χ4v) is 2.93. The molecule has 0 aliphatic carbocycles. The van der Waals surface area contributed by atoms with Crippen LogP contribution < -0.4 is 0 Å². The van der Waals surface area contributed by atoms with Crippen molar-refractivity contribution in [2.75, 3.05) is 0 Å². The summed E-state index contributed by atoms with van der Waals surface area (Å²) in [5.74, 6) is 0. The minimum absolute atomic E-state index is 0.309. The molecule has 2 aromatic rings. The molecule has 17 heavy (non-hydrogen) atoms. The van der Waals surface area contributed by atoms with Gasteiger partial charge in [-0.15, -0.1) is 0 Å². The van der Waals surface area contributed by atoms with Gasteiger partial charge in [0.25, 0.3) is 0 Å². The molecule has 0 nitrogen and oxygen atoms in total. The van der Waals surface area contributed by atoms with Crippen LogP contribution in [0.15, 0.2) is 48.5 Å². The van der Waals surface area contributed by atoms with Crippen LogP contribution in [0, 0.1) is 6.92 Å². The van der Waals surface area contributed by atoms with E-state index in [0.29, 0.717) is 4.83 Å². The molecule has 0 spiro atoms. The normalized spacial score (nSPS) is 12.4. The zero-order valence-corrected chi connectivity index (χ0v) is 12.0. The van der Waals surface area contributed by atoms with Crippen LogP contribution in [0.2, 0.25) is 5.02 Å². The molecule has 2 rings (SSSR count). The summed E-state index contributed by atoms with van der Waals surface area (Å²) in [7, 11) is 0. The predicted octanol–water partition coefficient (Wildman–Crippen LogP) is 5.33. The van der Waals surface area contributed by atoms with Crippen molar-refractivity contribution in [2.24, 2.45) is 0 Å². The molecule has 88 valence electrons. The lowest BCUT2D eigenvalue weighted by molar-refractivity contribution is 0.938. The van der Waals surface area contributed by atoms with Gasteiger partial charge in [-0.25, -0.2) is 0 Å². The third-order valence-electron chi connectivity index (χ3n) is 2.84. The number of rotatable bonds is 3. The predicted molar refractivity (Wildman–Crippen MR) is 78.0 cm³/mol. The van der Waals surface area contributed by atoms with Gasteiger partial charge in [-0.05, 0) is 42.2 Å². The van der Waals surface area contributed by atoms with Gasteiger partial charge in [0, 0.05) is 9.85 Å². The second kappa shape index (κ2) is 5.70. The first kappa shape index (κ1) is 12.7. The average molecular weight is 310 g/mol. The highest BCUT2D eigenvalue weighted by Crippen LogP contribution is 2.31. The zero-order chi connectivity index (χ0) is 12.3. The maximum absolute atomic E-state index is 6.04. The Labute approximate surface area is 116 Å². The second-order valence-electron chi connectivity index (χ2n) is 4.16. The van der Waals surface area contributed by atoms with Gasteiger partial charge in [-0.2, -0.15) is 0 Å². The fourth-order valence-electron chi connectivity index (χ4n) is 1.88. The Kier molecular flexibility index (Phi) is 4.25. The lowest BCUT2D eigenvalue weighted by atomic mass is 10.0. The van der Waals surface area contributed by atoms with Gasteiger partial charge in [0.2, 0.25) is 0 Å². The first-order valence-electron chi connectivity index (χ1n) is 5.61. The number of aryl methyl sites for hydroxylation is 1. The summed E-state index contributed by atoms with van der Waals surface area (Å²) in [6, 6.07) is 16.5. The van der Waals surface area contributed by atoms with E-state index in [0.717, 1.165) is 11.4 Å². The van der Waals surface area contributed by atoms with Crippen molar-refractivity contribution < 1.29 is 0 Å². The Morgan fingerprint density at radius 3 is 2.53 bits per heavy atom. The molecular formula is C15H14BrCl. The number of alkyl halides is 1. The lowest BCUT2D eigenvalue weighted by Gasteiger charge is -2.13. The molecule has 0 aliphatic rings. The van der Waals surface area contributed by atoms with Crippen LogP contribution in [0.3, 0.4) is 0 Å². The molecule has 0 amide bonds. The van der Waals surface area contributed by atoms with E-state index >= 15 is 0 Å². The maximum Gasteiger partial charge on any atom is 0.0438 e. The van der Waals surface area contributed by atoms with E-state index in [1.165, 1.54) is 16.7 Å². The van der Waals surface area contributed by atoms with Crippen molar-refractivity contribution in [3.05, 3.63) is 70.2 Å². The van der Waals surface area contributed by atoms with Crippen LogP contribution in [0.4, 0.5) is 0 Å². The van der Waals surface area contributed by atoms with Crippen LogP contribution in [-0.2, 0) is 6.42 Å². The Balaban J connectivity index is 2.20. The molecule has 0 saturated carbocycles. The summed E-state index contributed by atoms with van der Waals surface area (Å²) in [6.07, 6.45) is 0.974. The third-order valence-corrected chi connectivity index (χ3v) is 3.89.